The van der Waals surface area contributed by atoms with Gasteiger partial charge in [-0.25, -0.2) is 13.2 Å². The lowest BCUT2D eigenvalue weighted by Crippen LogP contribution is -2.35. The van der Waals surface area contributed by atoms with Crippen LogP contribution in [0.5, 0.6) is 0 Å². The Hall–Kier alpha value is -1.00. The molecule has 0 aliphatic rings. The van der Waals surface area contributed by atoms with E-state index in [9.17, 15) is 13.2 Å². The van der Waals surface area contributed by atoms with Crippen molar-refractivity contribution in [3.05, 3.63) is 47.3 Å². The first-order chi connectivity index (χ1) is 7.33. The average Bonchev–Trinajstić information content (AvgIpc) is 2.20. The number of rotatable bonds is 4. The molecule has 1 N–H and O–H groups in total. The smallest absolute Gasteiger partial charge is 0.282 e. The number of aliphatic hydroxyl groups excluding tert-OH is 1. The van der Waals surface area contributed by atoms with Crippen LogP contribution in [0.3, 0.4) is 0 Å². The van der Waals surface area contributed by atoms with Crippen LogP contribution in [0.2, 0.25) is 0 Å². The zero-order chi connectivity index (χ0) is 12.3. The molecule has 0 aromatic heterocycles. The van der Waals surface area contributed by atoms with Crippen LogP contribution >= 0.6 is 11.6 Å². The summed E-state index contributed by atoms with van der Waals surface area (Å²) in [6, 6.07) is 4.54. The second kappa shape index (κ2) is 4.89. The molecular weight excluding hydrogens is 241 g/mol. The first kappa shape index (κ1) is 13.1. The average molecular weight is 250 g/mol. The van der Waals surface area contributed by atoms with E-state index in [0.717, 1.165) is 12.1 Å². The van der Waals surface area contributed by atoms with Crippen LogP contribution in [0, 0.1) is 12.4 Å². The number of aliphatic hydroxyl groups is 1. The third-order valence-corrected chi connectivity index (χ3v) is 2.22. The van der Waals surface area contributed by atoms with Crippen LogP contribution in [-0.2, 0) is 6.42 Å². The molecule has 0 aliphatic carbocycles. The first-order valence-electron chi connectivity index (χ1n) is 4.41. The standard InChI is InChI=1S/C11H9ClF3O/c1-7(12)10(16)11(14,15)6-8-2-4-9(13)5-3-8/h1-5,10,16H,6H2. The molecule has 1 aromatic rings. The van der Waals surface area contributed by atoms with Crippen molar-refractivity contribution >= 4 is 11.6 Å². The SMILES string of the molecule is [CH]=C(Cl)C(O)C(F)(F)Cc1ccc(F)cc1. The molecule has 0 aliphatic heterocycles. The minimum absolute atomic E-state index is 0.184. The van der Waals surface area contributed by atoms with Crippen molar-refractivity contribution in [2.75, 3.05) is 0 Å². The maximum absolute atomic E-state index is 13.3. The van der Waals surface area contributed by atoms with E-state index in [4.69, 9.17) is 23.3 Å². The first-order valence-corrected chi connectivity index (χ1v) is 4.79. The van der Waals surface area contributed by atoms with Crippen molar-refractivity contribution in [2.45, 2.75) is 18.4 Å². The fraction of sp³-hybridized carbons (Fsp3) is 0.273. The van der Waals surface area contributed by atoms with Crippen LogP contribution in [0.4, 0.5) is 13.2 Å². The van der Waals surface area contributed by atoms with E-state index in [1.54, 1.807) is 0 Å². The molecule has 1 radical (unpaired) electrons. The summed E-state index contributed by atoms with van der Waals surface area (Å²) in [4.78, 5) is 0. The molecule has 0 bridgehead atoms. The summed E-state index contributed by atoms with van der Waals surface area (Å²) in [5.41, 5.74) is 0.184. The van der Waals surface area contributed by atoms with Gasteiger partial charge in [-0.1, -0.05) is 23.7 Å². The Labute approximate surface area is 96.2 Å². The number of benzene rings is 1. The van der Waals surface area contributed by atoms with Crippen LogP contribution in [0.15, 0.2) is 29.3 Å². The van der Waals surface area contributed by atoms with E-state index in [1.807, 2.05) is 0 Å². The van der Waals surface area contributed by atoms with Gasteiger partial charge < -0.3 is 5.11 Å². The van der Waals surface area contributed by atoms with Crippen LogP contribution in [-0.4, -0.2) is 17.1 Å². The van der Waals surface area contributed by atoms with Gasteiger partial charge in [-0.15, -0.1) is 0 Å². The highest BCUT2D eigenvalue weighted by molar-refractivity contribution is 6.29. The molecule has 16 heavy (non-hydrogen) atoms. The monoisotopic (exact) mass is 249 g/mol. The van der Waals surface area contributed by atoms with Gasteiger partial charge in [0.2, 0.25) is 0 Å². The Morgan fingerprint density at radius 3 is 2.31 bits per heavy atom. The highest BCUT2D eigenvalue weighted by atomic mass is 35.5. The number of hydrogen-bond acceptors (Lipinski definition) is 1. The molecule has 0 saturated carbocycles. The summed E-state index contributed by atoms with van der Waals surface area (Å²) in [6.45, 7) is 4.89. The predicted octanol–water partition coefficient (Wildman–Crippen LogP) is 2.92. The topological polar surface area (TPSA) is 20.2 Å². The van der Waals surface area contributed by atoms with Gasteiger partial charge in [-0.3, -0.25) is 0 Å². The Morgan fingerprint density at radius 1 is 1.38 bits per heavy atom. The van der Waals surface area contributed by atoms with Gasteiger partial charge in [0, 0.05) is 6.42 Å². The lowest BCUT2D eigenvalue weighted by molar-refractivity contribution is -0.0871. The van der Waals surface area contributed by atoms with E-state index in [0.29, 0.717) is 0 Å². The van der Waals surface area contributed by atoms with Crippen molar-refractivity contribution in [3.63, 3.8) is 0 Å². The Morgan fingerprint density at radius 2 is 1.88 bits per heavy atom. The maximum atomic E-state index is 13.3. The van der Waals surface area contributed by atoms with Crippen molar-refractivity contribution in [3.8, 4) is 0 Å². The molecule has 5 heteroatoms. The lowest BCUT2D eigenvalue weighted by atomic mass is 10.0. The number of alkyl halides is 2. The third kappa shape index (κ3) is 3.25. The predicted molar refractivity (Wildman–Crippen MR) is 54.7 cm³/mol. The second-order valence-corrected chi connectivity index (χ2v) is 3.79. The summed E-state index contributed by atoms with van der Waals surface area (Å²) in [5.74, 6) is -4.00. The largest absolute Gasteiger partial charge is 0.381 e. The molecule has 1 nitrogen and oxygen atoms in total. The third-order valence-electron chi connectivity index (χ3n) is 2.01. The lowest BCUT2D eigenvalue weighted by Gasteiger charge is -2.21. The van der Waals surface area contributed by atoms with Crippen molar-refractivity contribution in [1.29, 1.82) is 0 Å². The molecule has 0 heterocycles. The Balaban J connectivity index is 2.79. The molecule has 1 atom stereocenters. The summed E-state index contributed by atoms with van der Waals surface area (Å²) in [6.07, 6.45) is -2.98. The highest BCUT2D eigenvalue weighted by Gasteiger charge is 2.39. The van der Waals surface area contributed by atoms with Gasteiger partial charge in [0.1, 0.15) is 5.82 Å². The normalized spacial score (nSPS) is 13.6. The molecule has 87 valence electrons. The molecule has 1 aromatic carbocycles. The van der Waals surface area contributed by atoms with Gasteiger partial charge in [0.05, 0.1) is 5.03 Å². The minimum atomic E-state index is -3.48. The molecule has 0 saturated heterocycles. The fourth-order valence-corrected chi connectivity index (χ4v) is 1.33. The minimum Gasteiger partial charge on any atom is -0.381 e. The van der Waals surface area contributed by atoms with Gasteiger partial charge in [-0.2, -0.15) is 0 Å². The summed E-state index contributed by atoms with van der Waals surface area (Å²) in [5, 5.41) is 8.28. The molecule has 1 unspecified atom stereocenters. The quantitative estimate of drug-likeness (QED) is 0.870. The summed E-state index contributed by atoms with van der Waals surface area (Å²) in [7, 11) is 0. The van der Waals surface area contributed by atoms with E-state index in [-0.39, 0.29) is 5.56 Å². The van der Waals surface area contributed by atoms with Gasteiger partial charge in [0.25, 0.3) is 5.92 Å². The number of hydrogen-bond donors (Lipinski definition) is 1. The van der Waals surface area contributed by atoms with Crippen molar-refractivity contribution < 1.29 is 18.3 Å². The molecular formula is C11H9ClF3O. The maximum Gasteiger partial charge on any atom is 0.282 e. The van der Waals surface area contributed by atoms with E-state index < -0.39 is 29.3 Å². The van der Waals surface area contributed by atoms with Gasteiger partial charge >= 0.3 is 0 Å². The van der Waals surface area contributed by atoms with Crippen molar-refractivity contribution in [1.82, 2.24) is 0 Å². The van der Waals surface area contributed by atoms with Crippen LogP contribution in [0.1, 0.15) is 5.56 Å². The molecule has 0 spiro atoms. The van der Waals surface area contributed by atoms with Gasteiger partial charge in [-0.05, 0) is 24.3 Å². The molecule has 1 rings (SSSR count). The molecule has 0 amide bonds. The van der Waals surface area contributed by atoms with E-state index >= 15 is 0 Å². The van der Waals surface area contributed by atoms with Crippen LogP contribution < -0.4 is 0 Å². The second-order valence-electron chi connectivity index (χ2n) is 3.35. The fourth-order valence-electron chi connectivity index (χ4n) is 1.17. The Bertz CT molecular complexity index is 375. The summed E-state index contributed by atoms with van der Waals surface area (Å²) < 4.78 is 39.2. The van der Waals surface area contributed by atoms with E-state index in [1.165, 1.54) is 12.1 Å². The highest BCUT2D eigenvalue weighted by Crippen LogP contribution is 2.29. The zero-order valence-electron chi connectivity index (χ0n) is 8.13. The Kier molecular flexibility index (Phi) is 3.99. The zero-order valence-corrected chi connectivity index (χ0v) is 8.89. The number of halogens is 4. The van der Waals surface area contributed by atoms with Gasteiger partial charge in [0.15, 0.2) is 6.10 Å². The van der Waals surface area contributed by atoms with Crippen LogP contribution in [0.25, 0.3) is 0 Å². The summed E-state index contributed by atoms with van der Waals surface area (Å²) >= 11 is 5.11. The molecule has 0 fully saturated rings. The van der Waals surface area contributed by atoms with E-state index in [2.05, 4.69) is 0 Å². The van der Waals surface area contributed by atoms with Crippen molar-refractivity contribution in [2.24, 2.45) is 0 Å².